The topological polar surface area (TPSA) is 35.2 Å². The number of hydrogen-bond donors (Lipinski definition) is 1. The van der Waals surface area contributed by atoms with Crippen LogP contribution in [0, 0.1) is 5.92 Å². The van der Waals surface area contributed by atoms with Crippen LogP contribution in [0.5, 0.6) is 0 Å². The summed E-state index contributed by atoms with van der Waals surface area (Å²) in [7, 11) is 0. The molecule has 2 N–H and O–H groups in total. The van der Waals surface area contributed by atoms with Gasteiger partial charge in [-0.3, -0.25) is 0 Å². The van der Waals surface area contributed by atoms with Crippen LogP contribution in [0.3, 0.4) is 0 Å². The van der Waals surface area contributed by atoms with Crippen LogP contribution in [0.25, 0.3) is 0 Å². The Morgan fingerprint density at radius 2 is 2.07 bits per heavy atom. The largest absolute Gasteiger partial charge is 0.378 e. The maximum Gasteiger partial charge on any atom is 0.0589 e. The highest BCUT2D eigenvalue weighted by Crippen LogP contribution is 2.18. The van der Waals surface area contributed by atoms with Crippen molar-refractivity contribution in [3.8, 4) is 0 Å². The van der Waals surface area contributed by atoms with Gasteiger partial charge in [-0.05, 0) is 44.4 Å². The molecule has 2 heteroatoms. The molecule has 0 aromatic rings. The van der Waals surface area contributed by atoms with Gasteiger partial charge in [-0.2, -0.15) is 0 Å². The van der Waals surface area contributed by atoms with Crippen LogP contribution in [0.15, 0.2) is 0 Å². The lowest BCUT2D eigenvalue weighted by atomic mass is 9.97. The van der Waals surface area contributed by atoms with Crippen molar-refractivity contribution in [2.45, 2.75) is 64.5 Å². The molecule has 0 aromatic heterocycles. The molecule has 1 saturated heterocycles. The Kier molecular flexibility index (Phi) is 5.49. The quantitative estimate of drug-likeness (QED) is 0.739. The minimum atomic E-state index is 0.348. The number of hydrogen-bond acceptors (Lipinski definition) is 2. The summed E-state index contributed by atoms with van der Waals surface area (Å²) in [6.07, 6.45) is 7.68. The zero-order valence-electron chi connectivity index (χ0n) is 9.67. The van der Waals surface area contributed by atoms with E-state index in [1.807, 2.05) is 0 Å². The molecule has 14 heavy (non-hydrogen) atoms. The first kappa shape index (κ1) is 12.0. The normalized spacial score (nSPS) is 25.3. The fourth-order valence-electron chi connectivity index (χ4n) is 2.00. The van der Waals surface area contributed by atoms with Gasteiger partial charge in [0, 0.05) is 12.6 Å². The van der Waals surface area contributed by atoms with E-state index in [-0.39, 0.29) is 0 Å². The average Bonchev–Trinajstić information content (AvgIpc) is 2.16. The molecular weight excluding hydrogens is 174 g/mol. The van der Waals surface area contributed by atoms with Crippen molar-refractivity contribution in [2.75, 3.05) is 6.61 Å². The van der Waals surface area contributed by atoms with Gasteiger partial charge in [0.2, 0.25) is 0 Å². The Bertz CT molecular complexity index is 141. The maximum atomic E-state index is 6.07. The lowest BCUT2D eigenvalue weighted by Gasteiger charge is -2.25. The summed E-state index contributed by atoms with van der Waals surface area (Å²) in [6.45, 7) is 5.45. The number of ether oxygens (including phenoxy) is 1. The van der Waals surface area contributed by atoms with Gasteiger partial charge < -0.3 is 10.5 Å². The van der Waals surface area contributed by atoms with Crippen LogP contribution in [-0.2, 0) is 4.74 Å². The standard InChI is InChI=1S/C12H25NO/c1-10(2)6-7-11(13)9-12-5-3-4-8-14-12/h10-12H,3-9,13H2,1-2H3. The van der Waals surface area contributed by atoms with Crippen LogP contribution in [-0.4, -0.2) is 18.8 Å². The lowest BCUT2D eigenvalue weighted by Crippen LogP contribution is -2.30. The highest BCUT2D eigenvalue weighted by atomic mass is 16.5. The fraction of sp³-hybridized carbons (Fsp3) is 1.00. The first-order valence-corrected chi connectivity index (χ1v) is 6.05. The minimum Gasteiger partial charge on any atom is -0.378 e. The molecule has 1 rings (SSSR count). The highest BCUT2D eigenvalue weighted by molar-refractivity contribution is 4.71. The molecule has 0 aliphatic carbocycles. The second-order valence-electron chi connectivity index (χ2n) is 4.96. The SMILES string of the molecule is CC(C)CCC(N)CC1CCCCO1. The smallest absolute Gasteiger partial charge is 0.0589 e. The van der Waals surface area contributed by atoms with Crippen molar-refractivity contribution < 1.29 is 4.74 Å². The van der Waals surface area contributed by atoms with E-state index in [1.165, 1.54) is 25.7 Å². The third-order valence-electron chi connectivity index (χ3n) is 2.95. The van der Waals surface area contributed by atoms with Gasteiger partial charge >= 0.3 is 0 Å². The van der Waals surface area contributed by atoms with E-state index in [1.54, 1.807) is 0 Å². The van der Waals surface area contributed by atoms with Crippen molar-refractivity contribution >= 4 is 0 Å². The molecule has 0 amide bonds. The molecule has 1 fully saturated rings. The Hall–Kier alpha value is -0.0800. The van der Waals surface area contributed by atoms with Crippen LogP contribution >= 0.6 is 0 Å². The molecular formula is C12H25NO. The monoisotopic (exact) mass is 199 g/mol. The van der Waals surface area contributed by atoms with Gasteiger partial charge in [0.15, 0.2) is 0 Å². The van der Waals surface area contributed by atoms with Gasteiger partial charge in [0.25, 0.3) is 0 Å². The van der Waals surface area contributed by atoms with E-state index in [2.05, 4.69) is 13.8 Å². The van der Waals surface area contributed by atoms with E-state index in [4.69, 9.17) is 10.5 Å². The molecule has 1 aliphatic rings. The van der Waals surface area contributed by atoms with Crippen molar-refractivity contribution in [3.63, 3.8) is 0 Å². The predicted molar refractivity (Wildman–Crippen MR) is 60.3 cm³/mol. The molecule has 0 radical (unpaired) electrons. The molecule has 0 aromatic carbocycles. The Morgan fingerprint density at radius 3 is 2.64 bits per heavy atom. The third kappa shape index (κ3) is 4.97. The van der Waals surface area contributed by atoms with E-state index < -0.39 is 0 Å². The second kappa shape index (κ2) is 6.41. The van der Waals surface area contributed by atoms with E-state index in [0.717, 1.165) is 25.4 Å². The molecule has 2 nitrogen and oxygen atoms in total. The van der Waals surface area contributed by atoms with Gasteiger partial charge in [0.1, 0.15) is 0 Å². The third-order valence-corrected chi connectivity index (χ3v) is 2.95. The Morgan fingerprint density at radius 1 is 1.29 bits per heavy atom. The first-order chi connectivity index (χ1) is 6.68. The van der Waals surface area contributed by atoms with Crippen molar-refractivity contribution in [2.24, 2.45) is 11.7 Å². The molecule has 2 atom stereocenters. The van der Waals surface area contributed by atoms with Gasteiger partial charge in [0.05, 0.1) is 6.10 Å². The highest BCUT2D eigenvalue weighted by Gasteiger charge is 2.17. The van der Waals surface area contributed by atoms with Crippen LogP contribution in [0.1, 0.15) is 52.4 Å². The molecule has 0 bridgehead atoms. The van der Waals surface area contributed by atoms with E-state index in [0.29, 0.717) is 12.1 Å². The summed E-state index contributed by atoms with van der Waals surface area (Å²) in [4.78, 5) is 0. The second-order valence-corrected chi connectivity index (χ2v) is 4.96. The lowest BCUT2D eigenvalue weighted by molar-refractivity contribution is 0.00677. The molecule has 1 aliphatic heterocycles. The zero-order valence-corrected chi connectivity index (χ0v) is 9.67. The van der Waals surface area contributed by atoms with Crippen molar-refractivity contribution in [1.82, 2.24) is 0 Å². The Labute approximate surface area is 88.2 Å². The van der Waals surface area contributed by atoms with Crippen molar-refractivity contribution in [3.05, 3.63) is 0 Å². The summed E-state index contributed by atoms with van der Waals surface area (Å²) >= 11 is 0. The predicted octanol–water partition coefficient (Wildman–Crippen LogP) is 2.71. The van der Waals surface area contributed by atoms with Crippen molar-refractivity contribution in [1.29, 1.82) is 0 Å². The van der Waals surface area contributed by atoms with Crippen LogP contribution in [0.2, 0.25) is 0 Å². The zero-order chi connectivity index (χ0) is 10.4. The average molecular weight is 199 g/mol. The summed E-state index contributed by atoms with van der Waals surface area (Å²) in [6, 6.07) is 0.348. The maximum absolute atomic E-state index is 6.07. The molecule has 1 heterocycles. The molecule has 2 unspecified atom stereocenters. The molecule has 0 spiro atoms. The summed E-state index contributed by atoms with van der Waals surface area (Å²) in [5.74, 6) is 0.772. The Balaban J connectivity index is 2.09. The van der Waals surface area contributed by atoms with E-state index in [9.17, 15) is 0 Å². The summed E-state index contributed by atoms with van der Waals surface area (Å²) < 4.78 is 5.68. The molecule has 0 saturated carbocycles. The fourth-order valence-corrected chi connectivity index (χ4v) is 2.00. The molecule has 84 valence electrons. The summed E-state index contributed by atoms with van der Waals surface area (Å²) in [5, 5.41) is 0. The summed E-state index contributed by atoms with van der Waals surface area (Å²) in [5.41, 5.74) is 6.07. The van der Waals surface area contributed by atoms with Gasteiger partial charge in [-0.1, -0.05) is 13.8 Å². The number of nitrogens with two attached hydrogens (primary N) is 1. The van der Waals surface area contributed by atoms with E-state index >= 15 is 0 Å². The van der Waals surface area contributed by atoms with Crippen LogP contribution in [0.4, 0.5) is 0 Å². The number of rotatable bonds is 5. The van der Waals surface area contributed by atoms with Gasteiger partial charge in [-0.25, -0.2) is 0 Å². The van der Waals surface area contributed by atoms with Gasteiger partial charge in [-0.15, -0.1) is 0 Å². The first-order valence-electron chi connectivity index (χ1n) is 6.05. The van der Waals surface area contributed by atoms with Crippen LogP contribution < -0.4 is 5.73 Å². The minimum absolute atomic E-state index is 0.348.